The largest absolute Gasteiger partial charge is 0.390 e. The molecule has 1 aromatic heterocycles. The van der Waals surface area contributed by atoms with Crippen LogP contribution in [0.25, 0.3) is 0 Å². The molecule has 18 heavy (non-hydrogen) atoms. The second-order valence-electron chi connectivity index (χ2n) is 5.72. The Labute approximate surface area is 108 Å². The molecule has 0 radical (unpaired) electrons. The number of hydrogen-bond acceptors (Lipinski definition) is 4. The van der Waals surface area contributed by atoms with Crippen molar-refractivity contribution < 1.29 is 5.11 Å². The minimum Gasteiger partial charge on any atom is -0.390 e. The van der Waals surface area contributed by atoms with Crippen molar-refractivity contribution in [2.24, 2.45) is 5.41 Å². The summed E-state index contributed by atoms with van der Waals surface area (Å²) in [6.07, 6.45) is 3.37. The van der Waals surface area contributed by atoms with Gasteiger partial charge in [0, 0.05) is 13.1 Å². The molecule has 0 aliphatic carbocycles. The van der Waals surface area contributed by atoms with Crippen LogP contribution in [0.4, 0.5) is 5.82 Å². The van der Waals surface area contributed by atoms with Crippen LogP contribution in [0.3, 0.4) is 0 Å². The smallest absolute Gasteiger partial charge is 0.151 e. The van der Waals surface area contributed by atoms with Crippen molar-refractivity contribution in [2.45, 2.75) is 33.8 Å². The van der Waals surface area contributed by atoms with E-state index in [4.69, 9.17) is 5.11 Å². The number of nitrogens with zero attached hydrogens (tertiary/aromatic N) is 3. The zero-order valence-corrected chi connectivity index (χ0v) is 11.3. The number of anilines is 1. The minimum absolute atomic E-state index is 0.0542. The molecule has 1 aliphatic rings. The molecule has 0 amide bonds. The van der Waals surface area contributed by atoms with E-state index in [1.165, 1.54) is 5.57 Å². The van der Waals surface area contributed by atoms with E-state index in [0.717, 1.165) is 25.3 Å². The number of aliphatic hydroxyl groups excluding tert-OH is 1. The summed E-state index contributed by atoms with van der Waals surface area (Å²) in [5.74, 6) is 0.886. The number of aliphatic hydroxyl groups is 1. The van der Waals surface area contributed by atoms with Gasteiger partial charge in [0.05, 0.1) is 12.3 Å². The highest BCUT2D eigenvalue weighted by atomic mass is 16.3. The Balaban J connectivity index is 2.07. The molecule has 0 aromatic carbocycles. The van der Waals surface area contributed by atoms with Crippen LogP contribution in [0, 0.1) is 5.41 Å². The van der Waals surface area contributed by atoms with E-state index in [1.807, 2.05) is 12.1 Å². The van der Waals surface area contributed by atoms with Crippen LogP contribution >= 0.6 is 0 Å². The lowest BCUT2D eigenvalue weighted by Gasteiger charge is -2.32. The Kier molecular flexibility index (Phi) is 3.66. The summed E-state index contributed by atoms with van der Waals surface area (Å²) < 4.78 is 0. The van der Waals surface area contributed by atoms with Gasteiger partial charge < -0.3 is 10.0 Å². The zero-order valence-electron chi connectivity index (χ0n) is 11.3. The van der Waals surface area contributed by atoms with Gasteiger partial charge in [-0.2, -0.15) is 5.10 Å². The third-order valence-corrected chi connectivity index (χ3v) is 3.36. The van der Waals surface area contributed by atoms with E-state index in [9.17, 15) is 0 Å². The maximum atomic E-state index is 8.94. The number of hydrogen-bond donors (Lipinski definition) is 1. The van der Waals surface area contributed by atoms with Crippen molar-refractivity contribution in [1.29, 1.82) is 0 Å². The van der Waals surface area contributed by atoms with E-state index in [1.54, 1.807) is 0 Å². The van der Waals surface area contributed by atoms with Gasteiger partial charge in [-0.15, -0.1) is 5.10 Å². The fourth-order valence-corrected chi connectivity index (χ4v) is 2.16. The van der Waals surface area contributed by atoms with Gasteiger partial charge in [0.25, 0.3) is 0 Å². The molecule has 2 heterocycles. The molecule has 0 atom stereocenters. The highest BCUT2D eigenvalue weighted by molar-refractivity contribution is 5.40. The molecular formula is C14H21N3O. The molecule has 4 heteroatoms. The maximum Gasteiger partial charge on any atom is 0.151 e. The Morgan fingerprint density at radius 1 is 1.28 bits per heavy atom. The lowest BCUT2D eigenvalue weighted by molar-refractivity contribution is 0.275. The van der Waals surface area contributed by atoms with E-state index < -0.39 is 0 Å². The van der Waals surface area contributed by atoms with Gasteiger partial charge >= 0.3 is 0 Å². The van der Waals surface area contributed by atoms with E-state index >= 15 is 0 Å². The Morgan fingerprint density at radius 3 is 2.50 bits per heavy atom. The van der Waals surface area contributed by atoms with Crippen molar-refractivity contribution >= 4 is 5.82 Å². The van der Waals surface area contributed by atoms with Crippen LogP contribution in [0.5, 0.6) is 0 Å². The molecule has 0 spiro atoms. The summed E-state index contributed by atoms with van der Waals surface area (Å²) in [6, 6.07) is 3.75. The third-order valence-electron chi connectivity index (χ3n) is 3.36. The van der Waals surface area contributed by atoms with E-state index in [2.05, 4.69) is 41.9 Å². The van der Waals surface area contributed by atoms with Crippen molar-refractivity contribution in [3.63, 3.8) is 0 Å². The van der Waals surface area contributed by atoms with Gasteiger partial charge in [-0.1, -0.05) is 32.4 Å². The first-order chi connectivity index (χ1) is 8.50. The fourth-order valence-electron chi connectivity index (χ4n) is 2.16. The summed E-state index contributed by atoms with van der Waals surface area (Å²) in [7, 11) is 0. The second kappa shape index (κ2) is 5.06. The van der Waals surface area contributed by atoms with Gasteiger partial charge in [-0.25, -0.2) is 0 Å². The quantitative estimate of drug-likeness (QED) is 0.814. The van der Waals surface area contributed by atoms with Gasteiger partial charge in [-0.3, -0.25) is 0 Å². The third kappa shape index (κ3) is 2.88. The predicted octanol–water partition coefficient (Wildman–Crippen LogP) is 2.15. The normalized spacial score (nSPS) is 16.7. The molecule has 1 aliphatic heterocycles. The van der Waals surface area contributed by atoms with Crippen molar-refractivity contribution in [3.8, 4) is 0 Å². The molecule has 0 saturated carbocycles. The number of aromatic nitrogens is 2. The average Bonchev–Trinajstić information content (AvgIpc) is 2.38. The maximum absolute atomic E-state index is 8.94. The predicted molar refractivity (Wildman–Crippen MR) is 72.3 cm³/mol. The summed E-state index contributed by atoms with van der Waals surface area (Å²) in [6.45, 7) is 8.58. The highest BCUT2D eigenvalue weighted by Gasteiger charge is 2.21. The average molecular weight is 247 g/mol. The van der Waals surface area contributed by atoms with Crippen molar-refractivity contribution in [1.82, 2.24) is 10.2 Å². The molecule has 1 N–H and O–H groups in total. The van der Waals surface area contributed by atoms with Gasteiger partial charge in [0.2, 0.25) is 0 Å². The summed E-state index contributed by atoms with van der Waals surface area (Å²) in [5.41, 5.74) is 2.39. The first kappa shape index (κ1) is 13.0. The van der Waals surface area contributed by atoms with Crippen molar-refractivity contribution in [3.05, 3.63) is 29.5 Å². The summed E-state index contributed by atoms with van der Waals surface area (Å²) >= 11 is 0. The molecule has 1 aromatic rings. The molecule has 0 fully saturated rings. The molecule has 4 nitrogen and oxygen atoms in total. The van der Waals surface area contributed by atoms with Crippen LogP contribution < -0.4 is 4.90 Å². The van der Waals surface area contributed by atoms with E-state index in [-0.39, 0.29) is 12.0 Å². The molecule has 2 rings (SSSR count). The standard InChI is InChI=1S/C14H21N3O/c1-14(2,3)11-6-8-17(9-7-11)13-5-4-12(10-18)15-16-13/h4-6,18H,7-10H2,1-3H3. The lowest BCUT2D eigenvalue weighted by Crippen LogP contribution is -2.32. The first-order valence-electron chi connectivity index (χ1n) is 6.38. The van der Waals surface area contributed by atoms with Gasteiger partial charge in [-0.05, 0) is 24.0 Å². The van der Waals surface area contributed by atoms with Crippen LogP contribution in [0.2, 0.25) is 0 Å². The van der Waals surface area contributed by atoms with Crippen LogP contribution in [-0.2, 0) is 6.61 Å². The highest BCUT2D eigenvalue weighted by Crippen LogP contribution is 2.30. The Morgan fingerprint density at radius 2 is 2.06 bits per heavy atom. The molecule has 0 unspecified atom stereocenters. The topological polar surface area (TPSA) is 49.2 Å². The monoisotopic (exact) mass is 247 g/mol. The molecule has 0 bridgehead atoms. The molecule has 98 valence electrons. The lowest BCUT2D eigenvalue weighted by atomic mass is 9.83. The Hall–Kier alpha value is -1.42. The summed E-state index contributed by atoms with van der Waals surface area (Å²) in [5, 5.41) is 17.1. The Bertz CT molecular complexity index is 431. The van der Waals surface area contributed by atoms with Crippen molar-refractivity contribution in [2.75, 3.05) is 18.0 Å². The number of rotatable bonds is 2. The minimum atomic E-state index is -0.0542. The van der Waals surface area contributed by atoms with Gasteiger partial charge in [0.1, 0.15) is 0 Å². The zero-order chi connectivity index (χ0) is 13.2. The molecular weight excluding hydrogens is 226 g/mol. The van der Waals surface area contributed by atoms with Crippen LogP contribution in [0.15, 0.2) is 23.8 Å². The fraction of sp³-hybridized carbons (Fsp3) is 0.571. The summed E-state index contributed by atoms with van der Waals surface area (Å²) in [4.78, 5) is 2.21. The second-order valence-corrected chi connectivity index (χ2v) is 5.72. The first-order valence-corrected chi connectivity index (χ1v) is 6.38. The van der Waals surface area contributed by atoms with Gasteiger partial charge in [0.15, 0.2) is 5.82 Å². The van der Waals surface area contributed by atoms with Crippen LogP contribution in [-0.4, -0.2) is 28.4 Å². The van der Waals surface area contributed by atoms with E-state index in [0.29, 0.717) is 5.69 Å². The van der Waals surface area contributed by atoms with Crippen LogP contribution in [0.1, 0.15) is 32.9 Å². The SMILES string of the molecule is CC(C)(C)C1=CCN(c2ccc(CO)nn2)CC1. The molecule has 0 saturated heterocycles.